The van der Waals surface area contributed by atoms with E-state index in [4.69, 9.17) is 5.11 Å². The van der Waals surface area contributed by atoms with Crippen molar-refractivity contribution >= 4 is 15.8 Å². The van der Waals surface area contributed by atoms with Crippen LogP contribution in [0.2, 0.25) is 0 Å². The smallest absolute Gasteiger partial charge is 0.339 e. The molecular weight excluding hydrogens is 256 g/mol. The van der Waals surface area contributed by atoms with Crippen molar-refractivity contribution < 1.29 is 18.3 Å². The fourth-order valence-electron chi connectivity index (χ4n) is 2.64. The van der Waals surface area contributed by atoms with Crippen LogP contribution in [0.4, 0.5) is 0 Å². The summed E-state index contributed by atoms with van der Waals surface area (Å²) >= 11 is 0. The number of sulfone groups is 1. The minimum absolute atomic E-state index is 0.0149. The molecule has 1 aliphatic rings. The van der Waals surface area contributed by atoms with E-state index in [1.807, 2.05) is 6.92 Å². The Morgan fingerprint density at radius 2 is 2.06 bits per heavy atom. The molecule has 0 unspecified atom stereocenters. The first kappa shape index (κ1) is 13.1. The molecule has 18 heavy (non-hydrogen) atoms. The Labute approximate surface area is 106 Å². The topological polar surface area (TPSA) is 89.3 Å². The predicted molar refractivity (Wildman–Crippen MR) is 65.6 cm³/mol. The highest BCUT2D eigenvalue weighted by molar-refractivity contribution is 7.91. The summed E-state index contributed by atoms with van der Waals surface area (Å²) in [6.45, 7) is 5.10. The van der Waals surface area contributed by atoms with Gasteiger partial charge in [0.25, 0.3) is 0 Å². The van der Waals surface area contributed by atoms with Crippen LogP contribution in [0.5, 0.6) is 0 Å². The molecule has 6 nitrogen and oxygen atoms in total. The van der Waals surface area contributed by atoms with Crippen LogP contribution in [0.25, 0.3) is 0 Å². The number of aromatic nitrogens is 2. The van der Waals surface area contributed by atoms with Crippen LogP contribution in [-0.4, -0.2) is 40.8 Å². The van der Waals surface area contributed by atoms with Gasteiger partial charge < -0.3 is 5.11 Å². The second kappa shape index (κ2) is 3.81. The Kier molecular flexibility index (Phi) is 2.77. The molecule has 1 fully saturated rings. The molecule has 7 heteroatoms. The van der Waals surface area contributed by atoms with E-state index in [2.05, 4.69) is 5.10 Å². The maximum absolute atomic E-state index is 11.6. The van der Waals surface area contributed by atoms with Gasteiger partial charge in [0.1, 0.15) is 5.56 Å². The average Bonchev–Trinajstić information content (AvgIpc) is 2.65. The summed E-state index contributed by atoms with van der Waals surface area (Å²) in [5, 5.41) is 13.3. The zero-order valence-corrected chi connectivity index (χ0v) is 11.4. The first-order valence-corrected chi connectivity index (χ1v) is 7.49. The Hall–Kier alpha value is -1.37. The van der Waals surface area contributed by atoms with Gasteiger partial charge in [-0.2, -0.15) is 5.10 Å². The molecule has 0 bridgehead atoms. The zero-order chi connectivity index (χ0) is 13.7. The van der Waals surface area contributed by atoms with Crippen LogP contribution in [0.15, 0.2) is 0 Å². The van der Waals surface area contributed by atoms with Crippen LogP contribution in [0, 0.1) is 13.8 Å². The number of rotatable bonds is 2. The SMILES string of the molecule is Cc1nn([C@@]2(C)CCS(=O)(=O)C2)c(C)c1C(=O)O. The quantitative estimate of drug-likeness (QED) is 0.857. The molecule has 2 heterocycles. The number of hydrogen-bond acceptors (Lipinski definition) is 4. The molecule has 100 valence electrons. The van der Waals surface area contributed by atoms with Gasteiger partial charge in [-0.1, -0.05) is 0 Å². The van der Waals surface area contributed by atoms with Gasteiger partial charge in [0, 0.05) is 0 Å². The van der Waals surface area contributed by atoms with E-state index in [1.165, 1.54) is 0 Å². The number of nitrogens with zero attached hydrogens (tertiary/aromatic N) is 2. The number of hydrogen-bond donors (Lipinski definition) is 1. The lowest BCUT2D eigenvalue weighted by Gasteiger charge is -2.24. The Bertz CT molecular complexity index is 617. The first-order valence-electron chi connectivity index (χ1n) is 5.67. The van der Waals surface area contributed by atoms with Gasteiger partial charge in [-0.25, -0.2) is 13.2 Å². The number of aromatic carboxylic acids is 1. The van der Waals surface area contributed by atoms with Crippen LogP contribution >= 0.6 is 0 Å². The average molecular weight is 272 g/mol. The van der Waals surface area contributed by atoms with E-state index >= 15 is 0 Å². The lowest BCUT2D eigenvalue weighted by molar-refractivity contribution is 0.0695. The predicted octanol–water partition coefficient (Wildman–Crippen LogP) is 0.732. The van der Waals surface area contributed by atoms with Crippen molar-refractivity contribution in [2.24, 2.45) is 0 Å². The number of carbonyl (C=O) groups is 1. The van der Waals surface area contributed by atoms with Crippen molar-refractivity contribution in [2.75, 3.05) is 11.5 Å². The summed E-state index contributed by atoms with van der Waals surface area (Å²) in [5.74, 6) is -0.883. The number of carboxylic acid groups (broad SMARTS) is 1. The molecule has 0 spiro atoms. The number of carboxylic acids is 1. The van der Waals surface area contributed by atoms with Crippen LogP contribution in [0.1, 0.15) is 35.1 Å². The monoisotopic (exact) mass is 272 g/mol. The van der Waals surface area contributed by atoms with Gasteiger partial charge in [-0.15, -0.1) is 0 Å². The minimum atomic E-state index is -3.05. The van der Waals surface area contributed by atoms with Crippen molar-refractivity contribution in [2.45, 2.75) is 32.7 Å². The molecule has 0 aliphatic carbocycles. The molecule has 1 atom stereocenters. The second-order valence-corrected chi connectivity index (χ2v) is 7.29. The third kappa shape index (κ3) is 1.92. The van der Waals surface area contributed by atoms with E-state index in [0.717, 1.165) is 0 Å². The lowest BCUT2D eigenvalue weighted by atomic mass is 10.0. The molecule has 1 N–H and O–H groups in total. The Morgan fingerprint density at radius 1 is 1.44 bits per heavy atom. The molecule has 0 radical (unpaired) electrons. The van der Waals surface area contributed by atoms with Gasteiger partial charge in [0.05, 0.1) is 28.4 Å². The summed E-state index contributed by atoms with van der Waals surface area (Å²) in [4.78, 5) is 11.1. The molecule has 0 saturated carbocycles. The van der Waals surface area contributed by atoms with Crippen LogP contribution < -0.4 is 0 Å². The summed E-state index contributed by atoms with van der Waals surface area (Å²) < 4.78 is 24.8. The van der Waals surface area contributed by atoms with E-state index < -0.39 is 21.3 Å². The third-order valence-corrected chi connectivity index (χ3v) is 5.39. The summed E-state index contributed by atoms with van der Waals surface area (Å²) in [5.41, 5.74) is 0.465. The van der Waals surface area contributed by atoms with Crippen molar-refractivity contribution in [3.8, 4) is 0 Å². The van der Waals surface area contributed by atoms with E-state index in [0.29, 0.717) is 17.8 Å². The number of aryl methyl sites for hydroxylation is 1. The molecule has 0 amide bonds. The maximum Gasteiger partial charge on any atom is 0.339 e. The highest BCUT2D eigenvalue weighted by Crippen LogP contribution is 2.32. The van der Waals surface area contributed by atoms with Gasteiger partial charge in [-0.05, 0) is 27.2 Å². The Morgan fingerprint density at radius 3 is 2.44 bits per heavy atom. The summed E-state index contributed by atoms with van der Waals surface area (Å²) in [6, 6.07) is 0. The minimum Gasteiger partial charge on any atom is -0.478 e. The molecule has 0 aromatic carbocycles. The fourth-order valence-corrected chi connectivity index (χ4v) is 4.75. The van der Waals surface area contributed by atoms with E-state index in [9.17, 15) is 13.2 Å². The molecule has 1 saturated heterocycles. The molecule has 1 aromatic rings. The molecule has 1 aromatic heterocycles. The first-order chi connectivity index (χ1) is 8.16. The van der Waals surface area contributed by atoms with Crippen molar-refractivity contribution in [1.82, 2.24) is 9.78 Å². The standard InChI is InChI=1S/C11H16N2O4S/c1-7-9(10(14)15)8(2)13(12-7)11(3)4-5-18(16,17)6-11/h4-6H2,1-3H3,(H,14,15)/t11-/m0/s1. The normalized spacial score (nSPS) is 26.4. The van der Waals surface area contributed by atoms with E-state index in [1.54, 1.807) is 18.5 Å². The summed E-state index contributed by atoms with van der Waals surface area (Å²) in [7, 11) is -3.05. The van der Waals surface area contributed by atoms with Crippen LogP contribution in [-0.2, 0) is 15.4 Å². The largest absolute Gasteiger partial charge is 0.478 e. The molecule has 2 rings (SSSR count). The van der Waals surface area contributed by atoms with Crippen molar-refractivity contribution in [3.05, 3.63) is 17.0 Å². The van der Waals surface area contributed by atoms with Gasteiger partial charge >= 0.3 is 5.97 Å². The van der Waals surface area contributed by atoms with Gasteiger partial charge in [0.15, 0.2) is 9.84 Å². The molecule has 1 aliphatic heterocycles. The van der Waals surface area contributed by atoms with Crippen LogP contribution in [0.3, 0.4) is 0 Å². The van der Waals surface area contributed by atoms with Gasteiger partial charge in [0.2, 0.25) is 0 Å². The van der Waals surface area contributed by atoms with E-state index in [-0.39, 0.29) is 17.1 Å². The fraction of sp³-hybridized carbons (Fsp3) is 0.636. The second-order valence-electron chi connectivity index (χ2n) is 5.10. The third-order valence-electron chi connectivity index (χ3n) is 3.50. The zero-order valence-electron chi connectivity index (χ0n) is 10.6. The summed E-state index contributed by atoms with van der Waals surface area (Å²) in [6.07, 6.45) is 0.469. The van der Waals surface area contributed by atoms with Crippen molar-refractivity contribution in [3.63, 3.8) is 0 Å². The maximum atomic E-state index is 11.6. The lowest BCUT2D eigenvalue weighted by Crippen LogP contribution is -2.33. The highest BCUT2D eigenvalue weighted by Gasteiger charge is 2.42. The molecular formula is C11H16N2O4S. The van der Waals surface area contributed by atoms with Crippen molar-refractivity contribution in [1.29, 1.82) is 0 Å². The Balaban J connectivity index is 2.54. The van der Waals surface area contributed by atoms with Gasteiger partial charge in [-0.3, -0.25) is 4.68 Å². The highest BCUT2D eigenvalue weighted by atomic mass is 32.2.